The highest BCUT2D eigenvalue weighted by Gasteiger charge is 2.28. The Bertz CT molecular complexity index is 1420. The number of amides is 1. The highest BCUT2D eigenvalue weighted by atomic mass is 32.2. The molecule has 0 aliphatic heterocycles. The molecule has 190 valence electrons. The van der Waals surface area contributed by atoms with Gasteiger partial charge in [-0.25, -0.2) is 8.42 Å². The Morgan fingerprint density at radius 2 is 1.24 bits per heavy atom. The van der Waals surface area contributed by atoms with Crippen LogP contribution in [0.2, 0.25) is 0 Å². The van der Waals surface area contributed by atoms with Gasteiger partial charge in [0, 0.05) is 0 Å². The summed E-state index contributed by atoms with van der Waals surface area (Å²) in [4.78, 5) is 13.6. The molecule has 0 aliphatic carbocycles. The maximum Gasteiger partial charge on any atom is 0.264 e. The average molecular weight is 513 g/mol. The molecule has 1 amide bonds. The van der Waals surface area contributed by atoms with E-state index in [-0.39, 0.29) is 11.4 Å². The Morgan fingerprint density at radius 3 is 1.81 bits per heavy atom. The van der Waals surface area contributed by atoms with Gasteiger partial charge in [-0.1, -0.05) is 104 Å². The first-order valence-electron chi connectivity index (χ1n) is 12.3. The molecule has 6 heteroatoms. The number of benzene rings is 4. The molecule has 0 radical (unpaired) electrons. The Morgan fingerprint density at radius 1 is 0.730 bits per heavy atom. The molecule has 0 unspecified atom stereocenters. The van der Waals surface area contributed by atoms with Crippen molar-refractivity contribution in [1.29, 1.82) is 0 Å². The van der Waals surface area contributed by atoms with Gasteiger partial charge < -0.3 is 5.32 Å². The zero-order valence-electron chi connectivity index (χ0n) is 21.3. The molecule has 0 bridgehead atoms. The highest BCUT2D eigenvalue weighted by molar-refractivity contribution is 7.92. The monoisotopic (exact) mass is 512 g/mol. The van der Waals surface area contributed by atoms with Gasteiger partial charge in [0.15, 0.2) is 0 Å². The van der Waals surface area contributed by atoms with Gasteiger partial charge in [0.05, 0.1) is 16.6 Å². The highest BCUT2D eigenvalue weighted by Crippen LogP contribution is 2.27. The van der Waals surface area contributed by atoms with Gasteiger partial charge in [-0.05, 0) is 53.8 Å². The maximum atomic E-state index is 13.7. The predicted octanol–water partition coefficient (Wildman–Crippen LogP) is 6.22. The van der Waals surface area contributed by atoms with Gasteiger partial charge in [-0.3, -0.25) is 9.10 Å². The number of carbonyl (C=O) groups excluding carboxylic acids is 1. The molecule has 5 nitrogen and oxygen atoms in total. The Balaban J connectivity index is 1.68. The van der Waals surface area contributed by atoms with Crippen LogP contribution in [0.1, 0.15) is 48.1 Å². The zero-order valence-corrected chi connectivity index (χ0v) is 22.2. The first-order valence-corrected chi connectivity index (χ1v) is 13.8. The average Bonchev–Trinajstić information content (AvgIpc) is 2.92. The lowest BCUT2D eigenvalue weighted by molar-refractivity contribution is -0.120. The molecule has 1 atom stereocenters. The maximum absolute atomic E-state index is 13.7. The molecule has 0 saturated carbocycles. The number of nitrogens with zero attached hydrogens (tertiary/aromatic N) is 1. The largest absolute Gasteiger partial charge is 0.344 e. The van der Waals surface area contributed by atoms with Crippen LogP contribution in [0.25, 0.3) is 0 Å². The smallest absolute Gasteiger partial charge is 0.264 e. The Hall–Kier alpha value is -3.90. The second kappa shape index (κ2) is 11.4. The van der Waals surface area contributed by atoms with Crippen molar-refractivity contribution in [2.45, 2.75) is 37.6 Å². The minimum atomic E-state index is -3.98. The minimum absolute atomic E-state index is 0.133. The van der Waals surface area contributed by atoms with E-state index in [0.717, 1.165) is 22.3 Å². The van der Waals surface area contributed by atoms with Crippen molar-refractivity contribution >= 4 is 21.6 Å². The van der Waals surface area contributed by atoms with Crippen LogP contribution >= 0.6 is 0 Å². The van der Waals surface area contributed by atoms with Gasteiger partial charge in [-0.15, -0.1) is 0 Å². The number of carbonyl (C=O) groups is 1. The number of anilines is 1. The molecule has 4 aromatic rings. The van der Waals surface area contributed by atoms with Crippen molar-refractivity contribution in [1.82, 2.24) is 5.32 Å². The molecule has 4 rings (SSSR count). The molecule has 0 fully saturated rings. The molecule has 0 aliphatic rings. The van der Waals surface area contributed by atoms with Gasteiger partial charge in [0.1, 0.15) is 6.54 Å². The second-order valence-corrected chi connectivity index (χ2v) is 11.3. The fourth-order valence-corrected chi connectivity index (χ4v) is 5.60. The van der Waals surface area contributed by atoms with E-state index >= 15 is 0 Å². The third kappa shape index (κ3) is 6.27. The van der Waals surface area contributed by atoms with E-state index in [1.807, 2.05) is 73.7 Å². The SMILES string of the molecule is Cc1ccc([C@@H](NC(=O)CN(c2ccc(C(C)C)cc2)S(=O)(=O)c2ccccc2)c2ccccc2)cc1. The van der Waals surface area contributed by atoms with Crippen LogP contribution < -0.4 is 9.62 Å². The fraction of sp³-hybridized carbons (Fsp3) is 0.194. The molecule has 0 spiro atoms. The molecule has 1 N–H and O–H groups in total. The summed E-state index contributed by atoms with van der Waals surface area (Å²) in [6, 6.07) is 32.8. The van der Waals surface area contributed by atoms with Crippen molar-refractivity contribution in [3.05, 3.63) is 131 Å². The van der Waals surface area contributed by atoms with Crippen LogP contribution in [0.5, 0.6) is 0 Å². The van der Waals surface area contributed by atoms with Crippen molar-refractivity contribution in [3.8, 4) is 0 Å². The van der Waals surface area contributed by atoms with E-state index in [1.165, 1.54) is 4.31 Å². The number of hydrogen-bond donors (Lipinski definition) is 1. The number of hydrogen-bond acceptors (Lipinski definition) is 3. The number of sulfonamides is 1. The van der Waals surface area contributed by atoms with E-state index in [0.29, 0.717) is 11.6 Å². The lowest BCUT2D eigenvalue weighted by Gasteiger charge is -2.26. The van der Waals surface area contributed by atoms with E-state index < -0.39 is 22.0 Å². The second-order valence-electron chi connectivity index (χ2n) is 9.39. The Kier molecular flexibility index (Phi) is 8.09. The molecular formula is C31H32N2O3S. The van der Waals surface area contributed by atoms with Crippen LogP contribution in [0.4, 0.5) is 5.69 Å². The zero-order chi connectivity index (χ0) is 26.4. The van der Waals surface area contributed by atoms with Crippen LogP contribution in [-0.2, 0) is 14.8 Å². The summed E-state index contributed by atoms with van der Waals surface area (Å²) in [5, 5.41) is 3.08. The normalized spacial score (nSPS) is 12.2. The van der Waals surface area contributed by atoms with Crippen LogP contribution in [0.3, 0.4) is 0 Å². The standard InChI is InChI=1S/C31H32N2O3S/c1-23(2)25-18-20-28(21-19-25)33(37(35,36)29-12-8-5-9-13-29)22-30(34)32-31(26-10-6-4-7-11-26)27-16-14-24(3)15-17-27/h4-21,23,31H,22H2,1-3H3,(H,32,34)/t31-/m0/s1. The van der Waals surface area contributed by atoms with Gasteiger partial charge >= 0.3 is 0 Å². The van der Waals surface area contributed by atoms with E-state index in [1.54, 1.807) is 42.5 Å². The number of rotatable bonds is 9. The summed E-state index contributed by atoms with van der Waals surface area (Å²) in [6.07, 6.45) is 0. The van der Waals surface area contributed by atoms with Crippen molar-refractivity contribution in [2.75, 3.05) is 10.8 Å². The first-order chi connectivity index (χ1) is 17.8. The number of nitrogens with one attached hydrogen (secondary N) is 1. The lowest BCUT2D eigenvalue weighted by Crippen LogP contribution is -2.42. The third-order valence-electron chi connectivity index (χ3n) is 6.32. The minimum Gasteiger partial charge on any atom is -0.344 e. The van der Waals surface area contributed by atoms with E-state index in [4.69, 9.17) is 0 Å². The summed E-state index contributed by atoms with van der Waals surface area (Å²) >= 11 is 0. The van der Waals surface area contributed by atoms with Gasteiger partial charge in [-0.2, -0.15) is 0 Å². The molecule has 0 heterocycles. The third-order valence-corrected chi connectivity index (χ3v) is 8.10. The predicted molar refractivity (Wildman–Crippen MR) is 149 cm³/mol. The summed E-state index contributed by atoms with van der Waals surface area (Å²) in [6.45, 7) is 5.82. The van der Waals surface area contributed by atoms with Crippen LogP contribution in [-0.4, -0.2) is 20.9 Å². The molecule has 0 saturated heterocycles. The van der Waals surface area contributed by atoms with Crippen molar-refractivity contribution in [2.24, 2.45) is 0 Å². The molecule has 37 heavy (non-hydrogen) atoms. The van der Waals surface area contributed by atoms with Crippen molar-refractivity contribution in [3.63, 3.8) is 0 Å². The summed E-state index contributed by atoms with van der Waals surface area (Å²) in [5.74, 6) is -0.0976. The molecular weight excluding hydrogens is 480 g/mol. The lowest BCUT2D eigenvalue weighted by atomic mass is 9.98. The molecule has 4 aromatic carbocycles. The van der Waals surface area contributed by atoms with E-state index in [9.17, 15) is 13.2 Å². The van der Waals surface area contributed by atoms with Gasteiger partial charge in [0.2, 0.25) is 5.91 Å². The van der Waals surface area contributed by atoms with Crippen LogP contribution in [0.15, 0.2) is 114 Å². The quantitative estimate of drug-likeness (QED) is 0.290. The summed E-state index contributed by atoms with van der Waals surface area (Å²) in [7, 11) is -3.98. The Labute approximate surface area is 219 Å². The van der Waals surface area contributed by atoms with E-state index in [2.05, 4.69) is 19.2 Å². The van der Waals surface area contributed by atoms with Gasteiger partial charge in [0.25, 0.3) is 10.0 Å². The fourth-order valence-electron chi connectivity index (χ4n) is 4.16. The number of aryl methyl sites for hydroxylation is 1. The first kappa shape index (κ1) is 26.2. The van der Waals surface area contributed by atoms with Crippen molar-refractivity contribution < 1.29 is 13.2 Å². The van der Waals surface area contributed by atoms with Crippen LogP contribution in [0, 0.1) is 6.92 Å². The molecule has 0 aromatic heterocycles. The summed E-state index contributed by atoms with van der Waals surface area (Å²) in [5.41, 5.74) is 4.48. The summed E-state index contributed by atoms with van der Waals surface area (Å²) < 4.78 is 28.6. The topological polar surface area (TPSA) is 66.5 Å².